The predicted octanol–water partition coefficient (Wildman–Crippen LogP) is 8.50. The number of hydrogen-bond acceptors (Lipinski definition) is 0. The second kappa shape index (κ2) is 7.81. The van der Waals surface area contributed by atoms with E-state index in [9.17, 15) is 0 Å². The van der Waals surface area contributed by atoms with Crippen molar-refractivity contribution in [3.05, 3.63) is 97.1 Å². The molecule has 29 heavy (non-hydrogen) atoms. The van der Waals surface area contributed by atoms with E-state index in [2.05, 4.69) is 78.8 Å². The third-order valence-corrected chi connectivity index (χ3v) is 5.48. The predicted molar refractivity (Wildman–Crippen MR) is 131 cm³/mol. The highest BCUT2D eigenvalue weighted by atomic mass is 14.7. The van der Waals surface area contributed by atoms with Crippen molar-refractivity contribution in [3.8, 4) is 0 Å². The summed E-state index contributed by atoms with van der Waals surface area (Å²) in [5, 5.41) is 7.55. The molecule has 1 nitrogen and oxygen atoms in total. The molecule has 0 saturated carbocycles. The number of para-hydroxylation sites is 1. The minimum atomic E-state index is 1.11. The van der Waals surface area contributed by atoms with E-state index in [0.717, 1.165) is 22.2 Å². The number of aromatic amines is 1. The molecule has 0 saturated heterocycles. The highest BCUT2D eigenvalue weighted by Gasteiger charge is 2.16. The molecular formula is C28H25N. The Balaban J connectivity index is 0.000000472. The number of nitrogens with one attached hydrogen (secondary N) is 1. The van der Waals surface area contributed by atoms with Gasteiger partial charge in [0.1, 0.15) is 0 Å². The summed E-state index contributed by atoms with van der Waals surface area (Å²) in [4.78, 5) is 3.61. The molecule has 142 valence electrons. The first-order valence-electron chi connectivity index (χ1n) is 9.95. The molecule has 0 aliphatic carbocycles. The van der Waals surface area contributed by atoms with Crippen LogP contribution < -0.4 is 0 Å². The Morgan fingerprint density at radius 2 is 1.31 bits per heavy atom. The fraction of sp³-hybridized carbons (Fsp3) is 0.0714. The summed E-state index contributed by atoms with van der Waals surface area (Å²) in [5.41, 5.74) is 4.53. The van der Waals surface area contributed by atoms with Crippen LogP contribution in [0.5, 0.6) is 0 Å². The van der Waals surface area contributed by atoms with E-state index in [1.54, 1.807) is 0 Å². The lowest BCUT2D eigenvalue weighted by atomic mass is 9.91. The van der Waals surface area contributed by atoms with E-state index in [4.69, 9.17) is 0 Å². The first-order valence-corrected chi connectivity index (χ1v) is 9.95. The van der Waals surface area contributed by atoms with E-state index in [1.165, 1.54) is 32.3 Å². The number of allylic oxidation sites excluding steroid dienone is 2. The molecule has 0 unspecified atom stereocenters. The molecule has 1 aromatic heterocycles. The molecule has 0 amide bonds. The zero-order valence-electron chi connectivity index (χ0n) is 17.0. The Morgan fingerprint density at radius 3 is 2.00 bits per heavy atom. The highest BCUT2D eigenvalue weighted by Crippen LogP contribution is 2.41. The SMILES string of the molecule is C=Cc1c(C=C)c2[nH]c3ccccc3c2c2c1ccc1ccccc12.CC=CC. The van der Waals surface area contributed by atoms with Gasteiger partial charge in [0.05, 0.1) is 5.52 Å². The molecule has 1 heterocycles. The van der Waals surface area contributed by atoms with Crippen molar-refractivity contribution in [1.82, 2.24) is 4.98 Å². The van der Waals surface area contributed by atoms with Crippen molar-refractivity contribution in [2.24, 2.45) is 0 Å². The first kappa shape index (κ1) is 18.8. The molecule has 4 aromatic carbocycles. The Kier molecular flexibility index (Phi) is 5.05. The van der Waals surface area contributed by atoms with Gasteiger partial charge in [-0.1, -0.05) is 92.1 Å². The molecule has 0 spiro atoms. The van der Waals surface area contributed by atoms with Crippen molar-refractivity contribution in [2.45, 2.75) is 13.8 Å². The van der Waals surface area contributed by atoms with Gasteiger partial charge < -0.3 is 4.98 Å². The van der Waals surface area contributed by atoms with E-state index in [0.29, 0.717) is 0 Å². The molecule has 1 N–H and O–H groups in total. The van der Waals surface area contributed by atoms with Crippen molar-refractivity contribution in [3.63, 3.8) is 0 Å². The molecule has 0 aliphatic rings. The Morgan fingerprint density at radius 1 is 0.655 bits per heavy atom. The second-order valence-corrected chi connectivity index (χ2v) is 7.03. The first-order chi connectivity index (χ1) is 14.2. The molecule has 0 atom stereocenters. The highest BCUT2D eigenvalue weighted by molar-refractivity contribution is 6.30. The fourth-order valence-electron chi connectivity index (χ4n) is 4.08. The summed E-state index contributed by atoms with van der Waals surface area (Å²) in [6, 6.07) is 21.5. The Labute approximate surface area is 171 Å². The molecule has 0 aliphatic heterocycles. The van der Waals surface area contributed by atoms with Crippen molar-refractivity contribution in [1.29, 1.82) is 0 Å². The van der Waals surface area contributed by atoms with Gasteiger partial charge in [-0.3, -0.25) is 0 Å². The molecule has 5 aromatic rings. The van der Waals surface area contributed by atoms with Gasteiger partial charge in [-0.25, -0.2) is 0 Å². The minimum absolute atomic E-state index is 1.11. The monoisotopic (exact) mass is 375 g/mol. The maximum Gasteiger partial charge on any atom is 0.0551 e. The van der Waals surface area contributed by atoms with E-state index in [1.807, 2.05) is 38.2 Å². The van der Waals surface area contributed by atoms with Crippen LogP contribution in [0.15, 0.2) is 86.0 Å². The van der Waals surface area contributed by atoms with Crippen LogP contribution in [0, 0.1) is 0 Å². The number of benzene rings is 4. The summed E-state index contributed by atoms with van der Waals surface area (Å²) in [6.45, 7) is 12.1. The van der Waals surface area contributed by atoms with Gasteiger partial charge in [-0.05, 0) is 41.6 Å². The largest absolute Gasteiger partial charge is 0.354 e. The third-order valence-electron chi connectivity index (χ3n) is 5.48. The maximum absolute atomic E-state index is 4.07. The van der Waals surface area contributed by atoms with Crippen LogP contribution in [0.1, 0.15) is 25.0 Å². The van der Waals surface area contributed by atoms with Gasteiger partial charge in [-0.2, -0.15) is 0 Å². The molecule has 0 bridgehead atoms. The zero-order chi connectivity index (χ0) is 20.4. The summed E-state index contributed by atoms with van der Waals surface area (Å²) < 4.78 is 0. The molecule has 5 rings (SSSR count). The molecule has 1 heteroatoms. The van der Waals surface area contributed by atoms with Crippen LogP contribution in [0.2, 0.25) is 0 Å². The zero-order valence-corrected chi connectivity index (χ0v) is 17.0. The van der Waals surface area contributed by atoms with Crippen molar-refractivity contribution < 1.29 is 0 Å². The molecule has 0 fully saturated rings. The van der Waals surface area contributed by atoms with Gasteiger partial charge >= 0.3 is 0 Å². The second-order valence-electron chi connectivity index (χ2n) is 7.03. The lowest BCUT2D eigenvalue weighted by molar-refractivity contribution is 1.53. The Hall–Kier alpha value is -3.58. The lowest BCUT2D eigenvalue weighted by Crippen LogP contribution is -1.89. The van der Waals surface area contributed by atoms with Gasteiger partial charge in [-0.15, -0.1) is 0 Å². The summed E-state index contributed by atoms with van der Waals surface area (Å²) in [7, 11) is 0. The van der Waals surface area contributed by atoms with Crippen LogP contribution >= 0.6 is 0 Å². The average molecular weight is 376 g/mol. The summed E-state index contributed by atoms with van der Waals surface area (Å²) in [6.07, 6.45) is 7.88. The maximum atomic E-state index is 4.07. The van der Waals surface area contributed by atoms with Crippen LogP contribution in [-0.2, 0) is 0 Å². The number of fused-ring (bicyclic) bond motifs is 7. The van der Waals surface area contributed by atoms with Crippen LogP contribution in [0.25, 0.3) is 55.5 Å². The standard InChI is InChI=1S/C24H17N.C4H8/c1-3-16-17(4-2)24-23(20-11-7-8-12-21(20)25-24)22-18-10-6-5-9-15(18)13-14-19(16)22;1-3-4-2/h3-14,25H,1-2H2;3-4H,1-2H3. The van der Waals surface area contributed by atoms with Crippen LogP contribution in [-0.4, -0.2) is 4.98 Å². The topological polar surface area (TPSA) is 15.8 Å². The number of hydrogen-bond donors (Lipinski definition) is 1. The van der Waals surface area contributed by atoms with Crippen LogP contribution in [0.3, 0.4) is 0 Å². The molecular weight excluding hydrogens is 350 g/mol. The smallest absolute Gasteiger partial charge is 0.0551 e. The van der Waals surface area contributed by atoms with Gasteiger partial charge in [0, 0.05) is 27.2 Å². The third kappa shape index (κ3) is 2.96. The van der Waals surface area contributed by atoms with E-state index < -0.39 is 0 Å². The number of rotatable bonds is 2. The fourth-order valence-corrected chi connectivity index (χ4v) is 4.08. The lowest BCUT2D eigenvalue weighted by Gasteiger charge is -2.12. The summed E-state index contributed by atoms with van der Waals surface area (Å²) >= 11 is 0. The average Bonchev–Trinajstić information content (AvgIpc) is 3.17. The number of aromatic nitrogens is 1. The van der Waals surface area contributed by atoms with E-state index >= 15 is 0 Å². The van der Waals surface area contributed by atoms with E-state index in [-0.39, 0.29) is 0 Å². The Bertz CT molecular complexity index is 1390. The van der Waals surface area contributed by atoms with Gasteiger partial charge in [0.2, 0.25) is 0 Å². The van der Waals surface area contributed by atoms with Crippen LogP contribution in [0.4, 0.5) is 0 Å². The number of H-pyrrole nitrogens is 1. The quantitative estimate of drug-likeness (QED) is 0.235. The van der Waals surface area contributed by atoms with Gasteiger partial charge in [0.25, 0.3) is 0 Å². The summed E-state index contributed by atoms with van der Waals surface area (Å²) in [5.74, 6) is 0. The van der Waals surface area contributed by atoms with Crippen molar-refractivity contribution >= 4 is 55.5 Å². The van der Waals surface area contributed by atoms with Gasteiger partial charge in [0.15, 0.2) is 0 Å². The normalized spacial score (nSPS) is 11.2. The minimum Gasteiger partial charge on any atom is -0.354 e. The van der Waals surface area contributed by atoms with Crippen molar-refractivity contribution in [2.75, 3.05) is 0 Å². The molecule has 0 radical (unpaired) electrons.